The van der Waals surface area contributed by atoms with E-state index in [9.17, 15) is 4.79 Å². The first-order chi connectivity index (χ1) is 7.13. The van der Waals surface area contributed by atoms with E-state index in [1.807, 2.05) is 13.0 Å². The summed E-state index contributed by atoms with van der Waals surface area (Å²) in [5.41, 5.74) is 6.52. The maximum absolute atomic E-state index is 11.0. The number of hydrogen-bond donors (Lipinski definition) is 1. The number of methoxy groups -OCH3 is 1. The van der Waals surface area contributed by atoms with E-state index in [4.69, 9.17) is 10.5 Å². The predicted molar refractivity (Wildman–Crippen MR) is 54.5 cm³/mol. The van der Waals surface area contributed by atoms with E-state index in [0.29, 0.717) is 5.88 Å². The van der Waals surface area contributed by atoms with Crippen molar-refractivity contribution in [1.82, 2.24) is 4.98 Å². The molecule has 0 spiro atoms. The van der Waals surface area contributed by atoms with E-state index in [2.05, 4.69) is 9.72 Å². The Bertz CT molecular complexity index is 341. The fraction of sp³-hybridized carbons (Fsp3) is 0.400. The lowest BCUT2D eigenvalue weighted by atomic mass is 10.3. The first-order valence-electron chi connectivity index (χ1n) is 4.52. The van der Waals surface area contributed by atoms with Gasteiger partial charge in [0.05, 0.1) is 7.11 Å². The van der Waals surface area contributed by atoms with Gasteiger partial charge < -0.3 is 15.2 Å². The van der Waals surface area contributed by atoms with E-state index in [-0.39, 0.29) is 6.61 Å². The van der Waals surface area contributed by atoms with Gasteiger partial charge in [-0.05, 0) is 18.6 Å². The van der Waals surface area contributed by atoms with Crippen molar-refractivity contribution in [2.24, 2.45) is 5.73 Å². The Labute approximate surface area is 88.2 Å². The molecule has 1 atom stereocenters. The highest BCUT2D eigenvalue weighted by Crippen LogP contribution is 2.07. The molecule has 0 aromatic carbocycles. The van der Waals surface area contributed by atoms with Gasteiger partial charge in [-0.25, -0.2) is 4.98 Å². The monoisotopic (exact) mass is 210 g/mol. The minimum Gasteiger partial charge on any atom is -0.475 e. The van der Waals surface area contributed by atoms with Crippen LogP contribution in [0.3, 0.4) is 0 Å². The lowest BCUT2D eigenvalue weighted by Crippen LogP contribution is -2.37. The zero-order valence-corrected chi connectivity index (χ0v) is 8.77. The molecule has 82 valence electrons. The van der Waals surface area contributed by atoms with Crippen molar-refractivity contribution in [2.45, 2.75) is 13.0 Å². The summed E-state index contributed by atoms with van der Waals surface area (Å²) in [6.07, 6.45) is 1.63. The van der Waals surface area contributed by atoms with Crippen molar-refractivity contribution in [2.75, 3.05) is 13.7 Å². The van der Waals surface area contributed by atoms with Gasteiger partial charge in [0.15, 0.2) is 0 Å². The number of nitrogens with two attached hydrogens (primary N) is 1. The summed E-state index contributed by atoms with van der Waals surface area (Å²) in [5.74, 6) is -0.0444. The van der Waals surface area contributed by atoms with Crippen LogP contribution in [-0.2, 0) is 9.53 Å². The number of hydrogen-bond acceptors (Lipinski definition) is 5. The van der Waals surface area contributed by atoms with Crippen molar-refractivity contribution in [1.29, 1.82) is 0 Å². The van der Waals surface area contributed by atoms with Gasteiger partial charge in [0, 0.05) is 12.3 Å². The number of carbonyl (C=O) groups is 1. The summed E-state index contributed by atoms with van der Waals surface area (Å²) in [4.78, 5) is 14.9. The fourth-order valence-electron chi connectivity index (χ4n) is 0.982. The van der Waals surface area contributed by atoms with Crippen LogP contribution in [0.4, 0.5) is 0 Å². The summed E-state index contributed by atoms with van der Waals surface area (Å²) in [7, 11) is 1.28. The molecule has 0 bridgehead atoms. The van der Waals surface area contributed by atoms with Gasteiger partial charge in [0.25, 0.3) is 0 Å². The van der Waals surface area contributed by atoms with Crippen LogP contribution < -0.4 is 10.5 Å². The van der Waals surface area contributed by atoms with E-state index in [1.165, 1.54) is 7.11 Å². The van der Waals surface area contributed by atoms with Crippen LogP contribution in [0.25, 0.3) is 0 Å². The fourth-order valence-corrected chi connectivity index (χ4v) is 0.982. The van der Waals surface area contributed by atoms with Crippen molar-refractivity contribution in [3.8, 4) is 5.88 Å². The Kier molecular flexibility index (Phi) is 4.05. The maximum atomic E-state index is 11.0. The highest BCUT2D eigenvalue weighted by Gasteiger charge is 2.14. The average molecular weight is 210 g/mol. The second kappa shape index (κ2) is 5.31. The molecule has 1 rings (SSSR count). The Morgan fingerprint density at radius 2 is 2.40 bits per heavy atom. The predicted octanol–water partition coefficient (Wildman–Crippen LogP) is 0.269. The first-order valence-corrected chi connectivity index (χ1v) is 4.52. The minimum atomic E-state index is -0.780. The average Bonchev–Trinajstić information content (AvgIpc) is 2.25. The van der Waals surface area contributed by atoms with Gasteiger partial charge >= 0.3 is 5.97 Å². The third-order valence-electron chi connectivity index (χ3n) is 1.81. The van der Waals surface area contributed by atoms with Crippen molar-refractivity contribution >= 4 is 5.97 Å². The van der Waals surface area contributed by atoms with Crippen molar-refractivity contribution in [3.63, 3.8) is 0 Å². The van der Waals surface area contributed by atoms with Gasteiger partial charge in [0.1, 0.15) is 12.6 Å². The molecule has 2 N–H and O–H groups in total. The molecule has 5 nitrogen and oxygen atoms in total. The van der Waals surface area contributed by atoms with Gasteiger partial charge in [-0.15, -0.1) is 0 Å². The molecule has 0 amide bonds. The number of aromatic nitrogens is 1. The molecule has 0 radical (unpaired) electrons. The van der Waals surface area contributed by atoms with Crippen LogP contribution in [-0.4, -0.2) is 30.7 Å². The summed E-state index contributed by atoms with van der Waals surface area (Å²) in [6.45, 7) is 1.98. The van der Waals surface area contributed by atoms with Crippen LogP contribution in [0.2, 0.25) is 0 Å². The Morgan fingerprint density at radius 1 is 1.67 bits per heavy atom. The molecule has 0 aliphatic rings. The summed E-state index contributed by atoms with van der Waals surface area (Å²) in [6, 6.07) is 2.84. The second-order valence-electron chi connectivity index (χ2n) is 3.11. The zero-order valence-electron chi connectivity index (χ0n) is 8.77. The molecule has 15 heavy (non-hydrogen) atoms. The van der Waals surface area contributed by atoms with E-state index in [0.717, 1.165) is 5.56 Å². The number of ether oxygens (including phenoxy) is 2. The number of rotatable bonds is 4. The third-order valence-corrected chi connectivity index (χ3v) is 1.81. The van der Waals surface area contributed by atoms with E-state index < -0.39 is 12.0 Å². The van der Waals surface area contributed by atoms with Gasteiger partial charge in [0.2, 0.25) is 5.88 Å². The zero-order chi connectivity index (χ0) is 11.3. The number of aryl methyl sites for hydroxylation is 1. The van der Waals surface area contributed by atoms with Gasteiger partial charge in [-0.3, -0.25) is 4.79 Å². The van der Waals surface area contributed by atoms with E-state index >= 15 is 0 Å². The lowest BCUT2D eigenvalue weighted by Gasteiger charge is -2.10. The van der Waals surface area contributed by atoms with Gasteiger partial charge in [-0.1, -0.05) is 0 Å². The maximum Gasteiger partial charge on any atom is 0.326 e. The largest absolute Gasteiger partial charge is 0.475 e. The SMILES string of the molecule is COC(=O)C(N)COc1cc(C)ccn1. The van der Waals surface area contributed by atoms with E-state index in [1.54, 1.807) is 12.3 Å². The standard InChI is InChI=1S/C10H14N2O3/c1-7-3-4-12-9(5-7)15-6-8(11)10(13)14-2/h3-5,8H,6,11H2,1-2H3. The molecule has 1 unspecified atom stereocenters. The molecule has 1 heterocycles. The number of pyridine rings is 1. The summed E-state index contributed by atoms with van der Waals surface area (Å²) < 4.78 is 9.69. The molecule has 0 saturated heterocycles. The Balaban J connectivity index is 2.47. The molecular formula is C10H14N2O3. The topological polar surface area (TPSA) is 74.4 Å². The van der Waals surface area contributed by atoms with Crippen LogP contribution in [0.1, 0.15) is 5.56 Å². The first kappa shape index (κ1) is 11.5. The number of carbonyl (C=O) groups excluding carboxylic acids is 1. The molecule has 1 aromatic heterocycles. The smallest absolute Gasteiger partial charge is 0.326 e. The quantitative estimate of drug-likeness (QED) is 0.722. The van der Waals surface area contributed by atoms with Crippen LogP contribution in [0.15, 0.2) is 18.3 Å². The molecular weight excluding hydrogens is 196 g/mol. The van der Waals surface area contributed by atoms with Crippen LogP contribution in [0.5, 0.6) is 5.88 Å². The van der Waals surface area contributed by atoms with Gasteiger partial charge in [-0.2, -0.15) is 0 Å². The summed E-state index contributed by atoms with van der Waals surface area (Å²) >= 11 is 0. The van der Waals surface area contributed by atoms with Crippen molar-refractivity contribution < 1.29 is 14.3 Å². The van der Waals surface area contributed by atoms with Crippen LogP contribution >= 0.6 is 0 Å². The normalized spacial score (nSPS) is 11.9. The lowest BCUT2D eigenvalue weighted by molar-refractivity contribution is -0.142. The molecule has 0 aliphatic heterocycles. The van der Waals surface area contributed by atoms with Crippen LogP contribution in [0, 0.1) is 6.92 Å². The molecule has 1 aromatic rings. The molecule has 0 fully saturated rings. The minimum absolute atomic E-state index is 0.0587. The highest BCUT2D eigenvalue weighted by molar-refractivity contribution is 5.75. The Hall–Kier alpha value is -1.62. The molecule has 0 aliphatic carbocycles. The highest BCUT2D eigenvalue weighted by atomic mass is 16.5. The number of esters is 1. The number of nitrogens with zero attached hydrogens (tertiary/aromatic N) is 1. The third kappa shape index (κ3) is 3.55. The molecule has 0 saturated carbocycles. The van der Waals surface area contributed by atoms with Crippen molar-refractivity contribution in [3.05, 3.63) is 23.9 Å². The second-order valence-corrected chi connectivity index (χ2v) is 3.11. The summed E-state index contributed by atoms with van der Waals surface area (Å²) in [5, 5.41) is 0. The Morgan fingerprint density at radius 3 is 3.00 bits per heavy atom. The molecule has 5 heteroatoms.